The maximum absolute atomic E-state index is 12.0. The van der Waals surface area contributed by atoms with Crippen molar-refractivity contribution in [3.8, 4) is 0 Å². The molecule has 2 rings (SSSR count). The summed E-state index contributed by atoms with van der Waals surface area (Å²) in [5.41, 5.74) is 0.840. The topological polar surface area (TPSA) is 38.3 Å². The summed E-state index contributed by atoms with van der Waals surface area (Å²) < 4.78 is 5.95. The second kappa shape index (κ2) is 6.73. The largest absolute Gasteiger partial charge is 0.465 e. The van der Waals surface area contributed by atoms with Crippen molar-refractivity contribution in [3.05, 3.63) is 33.3 Å². The molecule has 1 N–H and O–H groups in total. The number of carbonyl (C=O) groups excluding carboxylic acids is 1. The zero-order chi connectivity index (χ0) is 13.8. The van der Waals surface area contributed by atoms with E-state index in [1.165, 1.54) is 12.8 Å². The zero-order valence-electron chi connectivity index (χ0n) is 10.8. The molecule has 1 aromatic carbocycles. The highest BCUT2D eigenvalue weighted by atomic mass is 79.9. The molecule has 19 heavy (non-hydrogen) atoms. The fraction of sp³-hybridized carbons (Fsp3) is 0.500. The van der Waals surface area contributed by atoms with Gasteiger partial charge in [-0.3, -0.25) is 0 Å². The number of esters is 1. The molecule has 0 radical (unpaired) electrons. The zero-order valence-corrected chi connectivity index (χ0v) is 13.1. The van der Waals surface area contributed by atoms with Gasteiger partial charge in [-0.05, 0) is 65.9 Å². The molecule has 1 saturated carbocycles. The van der Waals surface area contributed by atoms with Gasteiger partial charge in [0.25, 0.3) is 0 Å². The fourth-order valence-corrected chi connectivity index (χ4v) is 2.30. The minimum absolute atomic E-state index is 0.249. The van der Waals surface area contributed by atoms with Crippen LogP contribution in [0.3, 0.4) is 0 Å². The summed E-state index contributed by atoms with van der Waals surface area (Å²) in [7, 11) is 0. The number of hydrogen-bond acceptors (Lipinski definition) is 3. The molecule has 104 valence electrons. The first-order chi connectivity index (χ1) is 9.11. The lowest BCUT2D eigenvalue weighted by Crippen LogP contribution is -2.31. The number of rotatable bonds is 6. The van der Waals surface area contributed by atoms with Gasteiger partial charge in [-0.25, -0.2) is 4.79 Å². The summed E-state index contributed by atoms with van der Waals surface area (Å²) in [6, 6.07) is 5.10. The number of nitrogens with one attached hydrogen (secondary N) is 1. The third-order valence-corrected chi connectivity index (χ3v) is 4.34. The Hall–Kier alpha value is -0.580. The van der Waals surface area contributed by atoms with E-state index < -0.39 is 6.04 Å². The van der Waals surface area contributed by atoms with Crippen LogP contribution in [-0.2, 0) is 9.53 Å². The van der Waals surface area contributed by atoms with Gasteiger partial charge in [0, 0.05) is 4.47 Å². The maximum Gasteiger partial charge on any atom is 0.327 e. The van der Waals surface area contributed by atoms with Crippen molar-refractivity contribution in [2.75, 3.05) is 13.2 Å². The first-order valence-electron chi connectivity index (χ1n) is 6.46. The smallest absolute Gasteiger partial charge is 0.327 e. The highest BCUT2D eigenvalue weighted by Crippen LogP contribution is 2.30. The lowest BCUT2D eigenvalue weighted by Gasteiger charge is -2.18. The minimum atomic E-state index is -0.439. The second-order valence-corrected chi connectivity index (χ2v) is 5.97. The third-order valence-electron chi connectivity index (χ3n) is 3.11. The molecule has 0 spiro atoms. The molecule has 0 saturated heterocycles. The van der Waals surface area contributed by atoms with Crippen LogP contribution in [0.4, 0.5) is 0 Å². The molecule has 0 heterocycles. The molecule has 0 aromatic heterocycles. The van der Waals surface area contributed by atoms with Crippen LogP contribution >= 0.6 is 27.5 Å². The molecule has 1 aromatic rings. The van der Waals surface area contributed by atoms with Crippen LogP contribution in [0.5, 0.6) is 0 Å². The van der Waals surface area contributed by atoms with E-state index in [-0.39, 0.29) is 5.97 Å². The lowest BCUT2D eigenvalue weighted by atomic mass is 10.1. The second-order valence-electron chi connectivity index (χ2n) is 4.71. The Balaban J connectivity index is 2.13. The van der Waals surface area contributed by atoms with Gasteiger partial charge in [-0.2, -0.15) is 0 Å². The molecular formula is C14H17BrClNO2. The van der Waals surface area contributed by atoms with Crippen molar-refractivity contribution in [3.63, 3.8) is 0 Å². The Morgan fingerprint density at radius 1 is 1.58 bits per heavy atom. The molecule has 0 aliphatic heterocycles. The SMILES string of the molecule is CCOC(=O)C(NCC1CC1)c1ccc(Br)c(Cl)c1. The fourth-order valence-electron chi connectivity index (χ4n) is 1.86. The van der Waals surface area contributed by atoms with Crippen LogP contribution in [0, 0.1) is 5.92 Å². The van der Waals surface area contributed by atoms with Gasteiger partial charge in [0.15, 0.2) is 0 Å². The molecule has 3 nitrogen and oxygen atoms in total. The number of carbonyl (C=O) groups is 1. The average molecular weight is 347 g/mol. The predicted octanol–water partition coefficient (Wildman–Crippen LogP) is 3.71. The molecule has 1 fully saturated rings. The normalized spacial score (nSPS) is 16.2. The Labute approximate surface area is 126 Å². The molecule has 0 amide bonds. The molecular weight excluding hydrogens is 330 g/mol. The number of hydrogen-bond donors (Lipinski definition) is 1. The van der Waals surface area contributed by atoms with E-state index in [9.17, 15) is 4.79 Å². The van der Waals surface area contributed by atoms with Crippen LogP contribution < -0.4 is 5.32 Å². The van der Waals surface area contributed by atoms with Crippen molar-refractivity contribution in [2.24, 2.45) is 5.92 Å². The van der Waals surface area contributed by atoms with Crippen LogP contribution in [0.15, 0.2) is 22.7 Å². The maximum atomic E-state index is 12.0. The quantitative estimate of drug-likeness (QED) is 0.798. The molecule has 1 aliphatic carbocycles. The van der Waals surface area contributed by atoms with Crippen LogP contribution in [0.2, 0.25) is 5.02 Å². The molecule has 5 heteroatoms. The highest BCUT2D eigenvalue weighted by molar-refractivity contribution is 9.10. The molecule has 1 atom stereocenters. The summed E-state index contributed by atoms with van der Waals surface area (Å²) >= 11 is 9.44. The number of ether oxygens (including phenoxy) is 1. The van der Waals surface area contributed by atoms with Gasteiger partial charge >= 0.3 is 5.97 Å². The van der Waals surface area contributed by atoms with Gasteiger partial charge in [0.05, 0.1) is 11.6 Å². The Morgan fingerprint density at radius 3 is 2.89 bits per heavy atom. The van der Waals surface area contributed by atoms with E-state index in [0.29, 0.717) is 17.5 Å². The monoisotopic (exact) mass is 345 g/mol. The van der Waals surface area contributed by atoms with Crippen molar-refractivity contribution >= 4 is 33.5 Å². The van der Waals surface area contributed by atoms with E-state index in [0.717, 1.165) is 16.6 Å². The van der Waals surface area contributed by atoms with E-state index in [4.69, 9.17) is 16.3 Å². The summed E-state index contributed by atoms with van der Waals surface area (Å²) in [6.07, 6.45) is 2.48. The van der Waals surface area contributed by atoms with Gasteiger partial charge in [-0.15, -0.1) is 0 Å². The molecule has 1 unspecified atom stereocenters. The van der Waals surface area contributed by atoms with Crippen LogP contribution in [0.1, 0.15) is 31.4 Å². The minimum Gasteiger partial charge on any atom is -0.465 e. The van der Waals surface area contributed by atoms with E-state index in [1.54, 1.807) is 6.07 Å². The van der Waals surface area contributed by atoms with E-state index in [1.807, 2.05) is 19.1 Å². The third kappa shape index (κ3) is 4.20. The average Bonchev–Trinajstić information content (AvgIpc) is 3.18. The van der Waals surface area contributed by atoms with Crippen molar-refractivity contribution in [1.29, 1.82) is 0 Å². The van der Waals surface area contributed by atoms with Gasteiger partial charge in [0.1, 0.15) is 6.04 Å². The molecule has 1 aliphatic rings. The van der Waals surface area contributed by atoms with E-state index >= 15 is 0 Å². The summed E-state index contributed by atoms with van der Waals surface area (Å²) in [6.45, 7) is 3.03. The first-order valence-corrected chi connectivity index (χ1v) is 7.64. The lowest BCUT2D eigenvalue weighted by molar-refractivity contribution is -0.145. The highest BCUT2D eigenvalue weighted by Gasteiger charge is 2.27. The van der Waals surface area contributed by atoms with E-state index in [2.05, 4.69) is 21.2 Å². The number of halogens is 2. The van der Waals surface area contributed by atoms with Crippen molar-refractivity contribution in [2.45, 2.75) is 25.8 Å². The summed E-state index contributed by atoms with van der Waals surface area (Å²) in [4.78, 5) is 12.0. The van der Waals surface area contributed by atoms with Crippen molar-refractivity contribution in [1.82, 2.24) is 5.32 Å². The predicted molar refractivity (Wildman–Crippen MR) is 79.3 cm³/mol. The van der Waals surface area contributed by atoms with Gasteiger partial charge < -0.3 is 10.1 Å². The van der Waals surface area contributed by atoms with Crippen LogP contribution in [-0.4, -0.2) is 19.1 Å². The molecule has 0 bridgehead atoms. The summed E-state index contributed by atoms with van der Waals surface area (Å²) in [5, 5.41) is 3.88. The Kier molecular flexibility index (Phi) is 5.25. The Bertz CT molecular complexity index is 463. The standard InChI is InChI=1S/C14H17BrClNO2/c1-2-19-14(18)13(17-8-9-3-4-9)10-5-6-11(15)12(16)7-10/h5-7,9,13,17H,2-4,8H2,1H3. The number of benzene rings is 1. The Morgan fingerprint density at radius 2 is 2.32 bits per heavy atom. The van der Waals surface area contributed by atoms with Crippen molar-refractivity contribution < 1.29 is 9.53 Å². The van der Waals surface area contributed by atoms with Gasteiger partial charge in [0.2, 0.25) is 0 Å². The summed E-state index contributed by atoms with van der Waals surface area (Å²) in [5.74, 6) is 0.449. The first kappa shape index (κ1) is 14.8. The van der Waals surface area contributed by atoms with Gasteiger partial charge in [-0.1, -0.05) is 17.7 Å². The van der Waals surface area contributed by atoms with Crippen LogP contribution in [0.25, 0.3) is 0 Å².